The van der Waals surface area contributed by atoms with Gasteiger partial charge in [-0.3, -0.25) is 4.79 Å². The van der Waals surface area contributed by atoms with Crippen LogP contribution in [0.5, 0.6) is 0 Å². The average molecular weight is 208 g/mol. The molecule has 1 rings (SSSR count). The minimum atomic E-state index is -0.778. The van der Waals surface area contributed by atoms with E-state index in [0.717, 1.165) is 12.0 Å². The van der Waals surface area contributed by atoms with E-state index in [1.165, 1.54) is 12.0 Å². The van der Waals surface area contributed by atoms with Crippen LogP contribution in [0.1, 0.15) is 38.3 Å². The lowest BCUT2D eigenvalue weighted by Crippen LogP contribution is -1.99. The van der Waals surface area contributed by atoms with Gasteiger partial charge in [0.05, 0.1) is 6.42 Å². The third-order valence-electron chi connectivity index (χ3n) is 1.79. The summed E-state index contributed by atoms with van der Waals surface area (Å²) in [6, 6.07) is 7.68. The first kappa shape index (κ1) is 13.7. The van der Waals surface area contributed by atoms with Crippen LogP contribution in [0.2, 0.25) is 0 Å². The number of carboxylic acid groups (broad SMARTS) is 1. The van der Waals surface area contributed by atoms with Gasteiger partial charge in [-0.25, -0.2) is 0 Å². The molecule has 2 heteroatoms. The normalized spacial score (nSPS) is 9.00. The Labute approximate surface area is 91.9 Å². The fourth-order valence-corrected chi connectivity index (χ4v) is 1.07. The Morgan fingerprint density at radius 1 is 1.07 bits per heavy atom. The maximum Gasteiger partial charge on any atom is 0.307 e. The smallest absolute Gasteiger partial charge is 0.307 e. The Bertz CT molecular complexity index is 275. The summed E-state index contributed by atoms with van der Waals surface area (Å²) in [5, 5.41) is 8.49. The van der Waals surface area contributed by atoms with Crippen LogP contribution in [-0.4, -0.2) is 11.1 Å². The molecule has 0 heterocycles. The number of hydrogen-bond acceptors (Lipinski definition) is 1. The van der Waals surface area contributed by atoms with Gasteiger partial charge in [0, 0.05) is 0 Å². The molecule has 0 fully saturated rings. The van der Waals surface area contributed by atoms with Crippen molar-refractivity contribution in [2.75, 3.05) is 0 Å². The summed E-state index contributed by atoms with van der Waals surface area (Å²) >= 11 is 0. The predicted molar refractivity (Wildman–Crippen MR) is 63.1 cm³/mol. The molecule has 0 aromatic heterocycles. The molecule has 2 nitrogen and oxygen atoms in total. The SMILES string of the molecule is CCC.CCc1ccc(CC(=O)O)cc1. The molecular weight excluding hydrogens is 188 g/mol. The number of rotatable bonds is 3. The summed E-state index contributed by atoms with van der Waals surface area (Å²) in [5.41, 5.74) is 2.10. The Kier molecular flexibility index (Phi) is 7.33. The summed E-state index contributed by atoms with van der Waals surface area (Å²) < 4.78 is 0. The number of benzene rings is 1. The van der Waals surface area contributed by atoms with E-state index in [4.69, 9.17) is 5.11 Å². The maximum absolute atomic E-state index is 10.3. The first-order chi connectivity index (χ1) is 7.13. The lowest BCUT2D eigenvalue weighted by Gasteiger charge is -1.98. The van der Waals surface area contributed by atoms with Crippen molar-refractivity contribution in [3.05, 3.63) is 35.4 Å². The Balaban J connectivity index is 0.000000583. The molecule has 0 atom stereocenters. The van der Waals surface area contributed by atoms with Crippen LogP contribution in [0.4, 0.5) is 0 Å². The summed E-state index contributed by atoms with van der Waals surface area (Å²) in [6.07, 6.45) is 2.36. The van der Waals surface area contributed by atoms with E-state index in [-0.39, 0.29) is 6.42 Å². The van der Waals surface area contributed by atoms with Crippen LogP contribution in [-0.2, 0) is 17.6 Å². The molecular formula is C13H20O2. The highest BCUT2D eigenvalue weighted by Crippen LogP contribution is 2.05. The van der Waals surface area contributed by atoms with Crippen molar-refractivity contribution >= 4 is 5.97 Å². The number of carbonyl (C=O) groups is 1. The monoisotopic (exact) mass is 208 g/mol. The predicted octanol–water partition coefficient (Wildman–Crippen LogP) is 3.29. The Morgan fingerprint density at radius 3 is 1.80 bits per heavy atom. The van der Waals surface area contributed by atoms with E-state index < -0.39 is 5.97 Å². The molecule has 0 radical (unpaired) electrons. The maximum atomic E-state index is 10.3. The number of carboxylic acids is 1. The third-order valence-corrected chi connectivity index (χ3v) is 1.79. The molecule has 1 N–H and O–H groups in total. The van der Waals surface area contributed by atoms with E-state index in [2.05, 4.69) is 20.8 Å². The molecule has 0 spiro atoms. The van der Waals surface area contributed by atoms with Crippen LogP contribution >= 0.6 is 0 Å². The average Bonchev–Trinajstić information content (AvgIpc) is 2.19. The van der Waals surface area contributed by atoms with Gasteiger partial charge < -0.3 is 5.11 Å². The Morgan fingerprint density at radius 2 is 1.47 bits per heavy atom. The van der Waals surface area contributed by atoms with E-state index in [1.807, 2.05) is 24.3 Å². The van der Waals surface area contributed by atoms with Crippen LogP contribution in [0.25, 0.3) is 0 Å². The molecule has 0 aliphatic carbocycles. The van der Waals surface area contributed by atoms with Gasteiger partial charge in [-0.1, -0.05) is 51.5 Å². The topological polar surface area (TPSA) is 37.3 Å². The molecule has 1 aromatic carbocycles. The zero-order valence-electron chi connectivity index (χ0n) is 9.79. The van der Waals surface area contributed by atoms with E-state index >= 15 is 0 Å². The highest BCUT2D eigenvalue weighted by molar-refractivity contribution is 5.70. The second-order valence-corrected chi connectivity index (χ2v) is 3.45. The first-order valence-electron chi connectivity index (χ1n) is 5.43. The van der Waals surface area contributed by atoms with Gasteiger partial charge in [0.2, 0.25) is 0 Å². The molecule has 15 heavy (non-hydrogen) atoms. The van der Waals surface area contributed by atoms with Crippen molar-refractivity contribution in [3.63, 3.8) is 0 Å². The van der Waals surface area contributed by atoms with Crippen molar-refractivity contribution < 1.29 is 9.90 Å². The third kappa shape index (κ3) is 6.72. The van der Waals surface area contributed by atoms with Crippen molar-refractivity contribution in [3.8, 4) is 0 Å². The van der Waals surface area contributed by atoms with Gasteiger partial charge in [0.1, 0.15) is 0 Å². The molecule has 0 saturated heterocycles. The van der Waals surface area contributed by atoms with Gasteiger partial charge in [0.15, 0.2) is 0 Å². The molecule has 0 bridgehead atoms. The second-order valence-electron chi connectivity index (χ2n) is 3.45. The van der Waals surface area contributed by atoms with E-state index in [9.17, 15) is 4.79 Å². The molecule has 0 unspecified atom stereocenters. The molecule has 0 aliphatic rings. The molecule has 0 aliphatic heterocycles. The fourth-order valence-electron chi connectivity index (χ4n) is 1.07. The number of aliphatic carboxylic acids is 1. The van der Waals surface area contributed by atoms with Crippen molar-refractivity contribution in [2.24, 2.45) is 0 Å². The van der Waals surface area contributed by atoms with Crippen LogP contribution in [0.15, 0.2) is 24.3 Å². The number of aryl methyl sites for hydroxylation is 1. The van der Waals surface area contributed by atoms with Gasteiger partial charge in [-0.05, 0) is 17.5 Å². The summed E-state index contributed by atoms with van der Waals surface area (Å²) in [6.45, 7) is 6.33. The largest absolute Gasteiger partial charge is 0.481 e. The van der Waals surface area contributed by atoms with Gasteiger partial charge >= 0.3 is 5.97 Å². The van der Waals surface area contributed by atoms with Gasteiger partial charge in [-0.15, -0.1) is 0 Å². The van der Waals surface area contributed by atoms with Gasteiger partial charge in [0.25, 0.3) is 0 Å². The lowest BCUT2D eigenvalue weighted by molar-refractivity contribution is -0.136. The zero-order chi connectivity index (χ0) is 11.7. The van der Waals surface area contributed by atoms with Crippen LogP contribution in [0.3, 0.4) is 0 Å². The quantitative estimate of drug-likeness (QED) is 0.827. The fraction of sp³-hybridized carbons (Fsp3) is 0.462. The van der Waals surface area contributed by atoms with Crippen LogP contribution < -0.4 is 0 Å². The summed E-state index contributed by atoms with van der Waals surface area (Å²) in [7, 11) is 0. The molecule has 0 saturated carbocycles. The van der Waals surface area contributed by atoms with Crippen molar-refractivity contribution in [2.45, 2.75) is 40.0 Å². The molecule has 0 amide bonds. The minimum Gasteiger partial charge on any atom is -0.481 e. The lowest BCUT2D eigenvalue weighted by atomic mass is 10.1. The molecule has 84 valence electrons. The second kappa shape index (κ2) is 8.04. The standard InChI is InChI=1S/C10H12O2.C3H8/c1-2-8-3-5-9(6-4-8)7-10(11)12;1-3-2/h3-6H,2,7H2,1H3,(H,11,12);3H2,1-2H3. The van der Waals surface area contributed by atoms with E-state index in [0.29, 0.717) is 0 Å². The zero-order valence-corrected chi connectivity index (χ0v) is 9.79. The number of hydrogen-bond donors (Lipinski definition) is 1. The highest BCUT2D eigenvalue weighted by Gasteiger charge is 1.98. The minimum absolute atomic E-state index is 0.115. The molecule has 1 aromatic rings. The van der Waals surface area contributed by atoms with Crippen LogP contribution in [0, 0.1) is 0 Å². The Hall–Kier alpha value is -1.31. The summed E-state index contributed by atoms with van der Waals surface area (Å²) in [4.78, 5) is 10.3. The van der Waals surface area contributed by atoms with Gasteiger partial charge in [-0.2, -0.15) is 0 Å². The van der Waals surface area contributed by atoms with E-state index in [1.54, 1.807) is 0 Å². The van der Waals surface area contributed by atoms with Crippen molar-refractivity contribution in [1.82, 2.24) is 0 Å². The summed E-state index contributed by atoms with van der Waals surface area (Å²) in [5.74, 6) is -0.778. The van der Waals surface area contributed by atoms with Crippen molar-refractivity contribution in [1.29, 1.82) is 0 Å². The first-order valence-corrected chi connectivity index (χ1v) is 5.43. The highest BCUT2D eigenvalue weighted by atomic mass is 16.4.